The predicted octanol–water partition coefficient (Wildman–Crippen LogP) is 4.02. The topological polar surface area (TPSA) is 91.0 Å². The van der Waals surface area contributed by atoms with Gasteiger partial charge in [-0.2, -0.15) is 0 Å². The molecule has 3 saturated heterocycles. The van der Waals surface area contributed by atoms with E-state index in [0.29, 0.717) is 28.8 Å². The summed E-state index contributed by atoms with van der Waals surface area (Å²) >= 11 is 12.3. The van der Waals surface area contributed by atoms with E-state index < -0.39 is 29.6 Å². The second-order valence-corrected chi connectivity index (χ2v) is 12.5. The van der Waals surface area contributed by atoms with Crippen LogP contribution in [-0.2, 0) is 19.1 Å². The highest BCUT2D eigenvalue weighted by Crippen LogP contribution is 2.55. The van der Waals surface area contributed by atoms with Gasteiger partial charge < -0.3 is 25.2 Å². The van der Waals surface area contributed by atoms with Crippen molar-refractivity contribution in [1.82, 2.24) is 15.1 Å². The quantitative estimate of drug-likeness (QED) is 0.480. The number of nitrogens with zero attached hydrogens (tertiary/aromatic N) is 2. The molecule has 3 amide bonds. The number of piperidine rings is 1. The van der Waals surface area contributed by atoms with E-state index in [4.69, 9.17) is 27.9 Å². The molecule has 0 aromatic heterocycles. The molecule has 4 fully saturated rings. The number of hydrogen-bond donors (Lipinski definition) is 2. The van der Waals surface area contributed by atoms with Gasteiger partial charge in [0.25, 0.3) is 0 Å². The SMILES string of the molecule is O=C(Nc1cc(Cl)cc(Cl)c1)C1C2C=CC3(O2)C1C(=O)N(CCN1CCCCC1)C3C(=O)NC1CCCCC1. The van der Waals surface area contributed by atoms with Gasteiger partial charge in [0, 0.05) is 34.9 Å². The number of fused-ring (bicyclic) bond motifs is 1. The molecule has 2 bridgehead atoms. The Labute approximate surface area is 239 Å². The van der Waals surface area contributed by atoms with E-state index in [1.54, 1.807) is 23.1 Å². The molecule has 5 unspecified atom stereocenters. The van der Waals surface area contributed by atoms with Crippen LogP contribution in [0.5, 0.6) is 0 Å². The van der Waals surface area contributed by atoms with Crippen molar-refractivity contribution < 1.29 is 19.1 Å². The smallest absolute Gasteiger partial charge is 0.246 e. The lowest BCUT2D eigenvalue weighted by molar-refractivity contribution is -0.141. The van der Waals surface area contributed by atoms with Crippen LogP contribution in [0.4, 0.5) is 5.69 Å². The van der Waals surface area contributed by atoms with E-state index in [2.05, 4.69) is 15.5 Å². The molecule has 4 aliphatic heterocycles. The Kier molecular flexibility index (Phi) is 7.66. The first-order valence-corrected chi connectivity index (χ1v) is 15.1. The average Bonchev–Trinajstić information content (AvgIpc) is 3.55. The van der Waals surface area contributed by atoms with Gasteiger partial charge in [-0.05, 0) is 57.0 Å². The minimum absolute atomic E-state index is 0.106. The van der Waals surface area contributed by atoms with E-state index in [1.807, 2.05) is 12.2 Å². The molecule has 1 aliphatic carbocycles. The second-order valence-electron chi connectivity index (χ2n) is 11.6. The zero-order chi connectivity index (χ0) is 27.1. The van der Waals surface area contributed by atoms with Gasteiger partial charge in [0.05, 0.1) is 17.9 Å². The van der Waals surface area contributed by atoms with E-state index in [1.165, 1.54) is 12.8 Å². The predicted molar refractivity (Wildman–Crippen MR) is 150 cm³/mol. The molecule has 8 nitrogen and oxygen atoms in total. The summed E-state index contributed by atoms with van der Waals surface area (Å²) in [6, 6.07) is 4.13. The van der Waals surface area contributed by atoms with Crippen molar-refractivity contribution in [3.63, 3.8) is 0 Å². The zero-order valence-corrected chi connectivity index (χ0v) is 23.6. The largest absolute Gasteiger partial charge is 0.359 e. The third-order valence-electron chi connectivity index (χ3n) is 9.11. The number of nitrogens with one attached hydrogen (secondary N) is 2. The van der Waals surface area contributed by atoms with Crippen LogP contribution in [0.15, 0.2) is 30.4 Å². The maximum absolute atomic E-state index is 14.1. The number of halogens is 2. The van der Waals surface area contributed by atoms with Crippen molar-refractivity contribution >= 4 is 46.6 Å². The third kappa shape index (κ3) is 5.09. The van der Waals surface area contributed by atoms with Crippen LogP contribution in [0.1, 0.15) is 51.4 Å². The molecule has 210 valence electrons. The Morgan fingerprint density at radius 2 is 1.64 bits per heavy atom. The van der Waals surface area contributed by atoms with Crippen LogP contribution in [0.25, 0.3) is 0 Å². The number of hydrogen-bond acceptors (Lipinski definition) is 5. The maximum Gasteiger partial charge on any atom is 0.246 e. The minimum Gasteiger partial charge on any atom is -0.359 e. The first-order chi connectivity index (χ1) is 18.9. The van der Waals surface area contributed by atoms with Crippen molar-refractivity contribution in [2.45, 2.75) is 75.2 Å². The summed E-state index contributed by atoms with van der Waals surface area (Å²) in [7, 11) is 0. The summed E-state index contributed by atoms with van der Waals surface area (Å²) in [6.07, 6.45) is 11.9. The normalized spacial score (nSPS) is 32.5. The molecule has 0 radical (unpaired) electrons. The van der Waals surface area contributed by atoms with Gasteiger partial charge in [-0.3, -0.25) is 14.4 Å². The molecule has 4 heterocycles. The number of likely N-dealkylation sites (tertiary alicyclic amines) is 2. The summed E-state index contributed by atoms with van der Waals surface area (Å²) in [5.41, 5.74) is -0.701. The Morgan fingerprint density at radius 1 is 0.949 bits per heavy atom. The number of ether oxygens (including phenoxy) is 1. The molecule has 1 aromatic carbocycles. The first kappa shape index (κ1) is 27.1. The van der Waals surface area contributed by atoms with Crippen LogP contribution >= 0.6 is 23.2 Å². The van der Waals surface area contributed by atoms with Crippen LogP contribution in [0, 0.1) is 11.8 Å². The lowest BCUT2D eigenvalue weighted by atomic mass is 9.74. The molecular weight excluding hydrogens is 539 g/mol. The molecule has 10 heteroatoms. The highest BCUT2D eigenvalue weighted by Gasteiger charge is 2.72. The molecule has 6 rings (SSSR count). The van der Waals surface area contributed by atoms with Crippen LogP contribution in [-0.4, -0.2) is 77.5 Å². The van der Waals surface area contributed by atoms with Crippen molar-refractivity contribution in [2.75, 3.05) is 31.5 Å². The molecule has 1 saturated carbocycles. The average molecular weight is 576 g/mol. The lowest BCUT2D eigenvalue weighted by Gasteiger charge is -2.35. The number of carbonyl (C=O) groups excluding carboxylic acids is 3. The fourth-order valence-corrected chi connectivity index (χ4v) is 7.84. The fraction of sp³-hybridized carbons (Fsp3) is 0.621. The van der Waals surface area contributed by atoms with E-state index >= 15 is 0 Å². The number of benzene rings is 1. The van der Waals surface area contributed by atoms with Gasteiger partial charge in [-0.15, -0.1) is 0 Å². The molecule has 1 aromatic rings. The van der Waals surface area contributed by atoms with Gasteiger partial charge in [0.2, 0.25) is 17.7 Å². The van der Waals surface area contributed by atoms with Gasteiger partial charge >= 0.3 is 0 Å². The number of carbonyl (C=O) groups is 3. The fourth-order valence-electron chi connectivity index (χ4n) is 7.32. The standard InChI is InChI=1S/C29H36Cl2N4O4/c30-18-15-19(31)17-21(16-18)33-26(36)23-22-9-10-29(39-22)24(23)28(38)35(14-13-34-11-5-2-6-12-34)25(29)27(37)32-20-7-3-1-4-8-20/h9-10,15-17,20,22-25H,1-8,11-14H2,(H,32,37)(H,33,36). The third-order valence-corrected chi connectivity index (χ3v) is 9.55. The zero-order valence-electron chi connectivity index (χ0n) is 22.0. The van der Waals surface area contributed by atoms with Crippen molar-refractivity contribution in [3.05, 3.63) is 40.4 Å². The molecule has 39 heavy (non-hydrogen) atoms. The van der Waals surface area contributed by atoms with Crippen molar-refractivity contribution in [3.8, 4) is 0 Å². The Balaban J connectivity index is 1.27. The Hall–Kier alpha value is -2.13. The monoisotopic (exact) mass is 574 g/mol. The van der Waals surface area contributed by atoms with E-state index in [-0.39, 0.29) is 23.8 Å². The molecule has 5 atom stereocenters. The van der Waals surface area contributed by atoms with Crippen LogP contribution < -0.4 is 10.6 Å². The second kappa shape index (κ2) is 11.0. The number of amides is 3. The summed E-state index contributed by atoms with van der Waals surface area (Å²) in [4.78, 5) is 45.7. The van der Waals surface area contributed by atoms with Gasteiger partial charge in [-0.25, -0.2) is 0 Å². The summed E-state index contributed by atoms with van der Waals surface area (Å²) in [5, 5.41) is 6.94. The molecular formula is C29H36Cl2N4O4. The summed E-state index contributed by atoms with van der Waals surface area (Å²) in [5.74, 6) is -2.24. The van der Waals surface area contributed by atoms with Gasteiger partial charge in [0.15, 0.2) is 0 Å². The summed E-state index contributed by atoms with van der Waals surface area (Å²) < 4.78 is 6.46. The van der Waals surface area contributed by atoms with E-state index in [9.17, 15) is 14.4 Å². The van der Waals surface area contributed by atoms with Crippen molar-refractivity contribution in [2.24, 2.45) is 11.8 Å². The maximum atomic E-state index is 14.1. The van der Waals surface area contributed by atoms with Crippen LogP contribution in [0.2, 0.25) is 10.0 Å². The Morgan fingerprint density at radius 3 is 2.36 bits per heavy atom. The molecule has 5 aliphatic rings. The van der Waals surface area contributed by atoms with Gasteiger partial charge in [-0.1, -0.05) is 61.0 Å². The lowest BCUT2D eigenvalue weighted by Crippen LogP contribution is -2.57. The number of anilines is 1. The minimum atomic E-state index is -1.16. The highest BCUT2D eigenvalue weighted by atomic mass is 35.5. The first-order valence-electron chi connectivity index (χ1n) is 14.3. The Bertz CT molecular complexity index is 1150. The van der Waals surface area contributed by atoms with Gasteiger partial charge in [0.1, 0.15) is 11.6 Å². The highest BCUT2D eigenvalue weighted by molar-refractivity contribution is 6.35. The summed E-state index contributed by atoms with van der Waals surface area (Å²) in [6.45, 7) is 3.13. The molecule has 2 N–H and O–H groups in total. The van der Waals surface area contributed by atoms with Crippen molar-refractivity contribution in [1.29, 1.82) is 0 Å². The molecule has 1 spiro atoms. The van der Waals surface area contributed by atoms with Crippen LogP contribution in [0.3, 0.4) is 0 Å². The number of rotatable bonds is 7. The van der Waals surface area contributed by atoms with E-state index in [0.717, 1.165) is 51.6 Å².